The van der Waals surface area contributed by atoms with Crippen molar-refractivity contribution in [2.24, 2.45) is 0 Å². The minimum atomic E-state index is -0.0805. The minimum absolute atomic E-state index is 0.0805. The van der Waals surface area contributed by atoms with Gasteiger partial charge in [-0.2, -0.15) is 0 Å². The fourth-order valence-electron chi connectivity index (χ4n) is 1.77. The van der Waals surface area contributed by atoms with Gasteiger partial charge >= 0.3 is 5.69 Å². The van der Waals surface area contributed by atoms with Gasteiger partial charge in [0.2, 0.25) is 0 Å². The van der Waals surface area contributed by atoms with E-state index >= 15 is 0 Å². The summed E-state index contributed by atoms with van der Waals surface area (Å²) in [7, 11) is 0. The van der Waals surface area contributed by atoms with Crippen LogP contribution in [-0.4, -0.2) is 14.8 Å². The highest BCUT2D eigenvalue weighted by molar-refractivity contribution is 7.98. The highest BCUT2D eigenvalue weighted by Gasteiger charge is 2.28. The van der Waals surface area contributed by atoms with E-state index < -0.39 is 0 Å². The second-order valence-corrected chi connectivity index (χ2v) is 5.13. The number of benzene rings is 1. The Morgan fingerprint density at radius 3 is 2.82 bits per heavy atom. The predicted octanol–water partition coefficient (Wildman–Crippen LogP) is 2.20. The number of H-pyrrole nitrogens is 1. The van der Waals surface area contributed by atoms with Gasteiger partial charge in [-0.1, -0.05) is 42.1 Å². The standard InChI is InChI=1S/C12H13N3OS/c16-11-13-14-12(15(11)10-6-7-10)17-8-9-4-2-1-3-5-9/h1-5,10H,6-8H2,(H,13,16). The average Bonchev–Trinajstić information content (AvgIpc) is 3.12. The van der Waals surface area contributed by atoms with Gasteiger partial charge in [-0.3, -0.25) is 4.57 Å². The van der Waals surface area contributed by atoms with Crippen molar-refractivity contribution in [2.75, 3.05) is 0 Å². The van der Waals surface area contributed by atoms with Gasteiger partial charge < -0.3 is 0 Å². The Morgan fingerprint density at radius 2 is 2.12 bits per heavy atom. The fraction of sp³-hybridized carbons (Fsp3) is 0.333. The van der Waals surface area contributed by atoms with Crippen LogP contribution in [0.3, 0.4) is 0 Å². The van der Waals surface area contributed by atoms with Crippen LogP contribution in [0.15, 0.2) is 40.3 Å². The lowest BCUT2D eigenvalue weighted by Crippen LogP contribution is -2.16. The van der Waals surface area contributed by atoms with E-state index in [0.717, 1.165) is 23.8 Å². The minimum Gasteiger partial charge on any atom is -0.267 e. The molecule has 1 N–H and O–H groups in total. The molecule has 0 atom stereocenters. The molecule has 0 bridgehead atoms. The van der Waals surface area contributed by atoms with Gasteiger partial charge in [0.1, 0.15) is 0 Å². The van der Waals surface area contributed by atoms with Crippen LogP contribution in [0.2, 0.25) is 0 Å². The summed E-state index contributed by atoms with van der Waals surface area (Å²) in [4.78, 5) is 11.6. The van der Waals surface area contributed by atoms with Crippen LogP contribution < -0.4 is 5.69 Å². The van der Waals surface area contributed by atoms with E-state index in [1.165, 1.54) is 5.56 Å². The molecule has 0 radical (unpaired) electrons. The van der Waals surface area contributed by atoms with Crippen molar-refractivity contribution >= 4 is 11.8 Å². The number of thioether (sulfide) groups is 1. The first-order valence-corrected chi connectivity index (χ1v) is 6.67. The van der Waals surface area contributed by atoms with Gasteiger partial charge in [0.15, 0.2) is 5.16 Å². The topological polar surface area (TPSA) is 50.7 Å². The number of aromatic nitrogens is 3. The van der Waals surface area contributed by atoms with Gasteiger partial charge in [0, 0.05) is 11.8 Å². The fourth-order valence-corrected chi connectivity index (χ4v) is 2.74. The van der Waals surface area contributed by atoms with Gasteiger partial charge in [0.25, 0.3) is 0 Å². The Bertz CT molecular complexity index is 557. The summed E-state index contributed by atoms with van der Waals surface area (Å²) < 4.78 is 1.79. The van der Waals surface area contributed by atoms with Crippen LogP contribution in [0, 0.1) is 0 Å². The highest BCUT2D eigenvalue weighted by Crippen LogP contribution is 2.36. The summed E-state index contributed by atoms with van der Waals surface area (Å²) in [5, 5.41) is 7.42. The molecule has 1 fully saturated rings. The van der Waals surface area contributed by atoms with Gasteiger partial charge in [-0.25, -0.2) is 9.89 Å². The van der Waals surface area contributed by atoms with E-state index in [9.17, 15) is 4.79 Å². The maximum Gasteiger partial charge on any atom is 0.344 e. The van der Waals surface area contributed by atoms with Gasteiger partial charge in [0.05, 0.1) is 0 Å². The maximum atomic E-state index is 11.6. The first kappa shape index (κ1) is 10.7. The molecule has 1 saturated carbocycles. The Morgan fingerprint density at radius 1 is 1.35 bits per heavy atom. The lowest BCUT2D eigenvalue weighted by atomic mass is 10.2. The van der Waals surface area contributed by atoms with Crippen LogP contribution >= 0.6 is 11.8 Å². The predicted molar refractivity (Wildman–Crippen MR) is 67.1 cm³/mol. The molecule has 1 aromatic carbocycles. The molecule has 2 aromatic rings. The van der Waals surface area contributed by atoms with E-state index in [4.69, 9.17) is 0 Å². The number of nitrogens with zero attached hydrogens (tertiary/aromatic N) is 2. The zero-order chi connectivity index (χ0) is 11.7. The lowest BCUT2D eigenvalue weighted by Gasteiger charge is -2.03. The van der Waals surface area contributed by atoms with Crippen LogP contribution in [0.4, 0.5) is 0 Å². The van der Waals surface area contributed by atoms with Crippen molar-refractivity contribution in [1.82, 2.24) is 14.8 Å². The molecule has 0 spiro atoms. The molecule has 0 aliphatic heterocycles. The number of hydrogen-bond donors (Lipinski definition) is 1. The van der Waals surface area contributed by atoms with Crippen LogP contribution in [0.1, 0.15) is 24.4 Å². The maximum absolute atomic E-state index is 11.6. The smallest absolute Gasteiger partial charge is 0.267 e. The van der Waals surface area contributed by atoms with Crippen molar-refractivity contribution in [3.8, 4) is 0 Å². The molecular formula is C12H13N3OS. The average molecular weight is 247 g/mol. The monoisotopic (exact) mass is 247 g/mol. The van der Waals surface area contributed by atoms with E-state index in [1.807, 2.05) is 18.2 Å². The van der Waals surface area contributed by atoms with E-state index in [1.54, 1.807) is 16.3 Å². The summed E-state index contributed by atoms with van der Waals surface area (Å²) in [5.74, 6) is 0.845. The summed E-state index contributed by atoms with van der Waals surface area (Å²) in [5.41, 5.74) is 1.17. The third kappa shape index (κ3) is 2.29. The molecule has 0 saturated heterocycles. The third-order valence-electron chi connectivity index (χ3n) is 2.79. The van der Waals surface area contributed by atoms with Gasteiger partial charge in [-0.05, 0) is 18.4 Å². The zero-order valence-electron chi connectivity index (χ0n) is 9.30. The highest BCUT2D eigenvalue weighted by atomic mass is 32.2. The van der Waals surface area contributed by atoms with Crippen molar-refractivity contribution in [3.05, 3.63) is 46.4 Å². The molecule has 17 heavy (non-hydrogen) atoms. The first-order valence-electron chi connectivity index (χ1n) is 5.68. The van der Waals surface area contributed by atoms with Gasteiger partial charge in [-0.15, -0.1) is 5.10 Å². The quantitative estimate of drug-likeness (QED) is 0.843. The molecule has 3 rings (SSSR count). The van der Waals surface area contributed by atoms with Crippen LogP contribution in [-0.2, 0) is 5.75 Å². The zero-order valence-corrected chi connectivity index (χ0v) is 10.1. The van der Waals surface area contributed by atoms with E-state index in [2.05, 4.69) is 22.3 Å². The number of nitrogens with one attached hydrogen (secondary N) is 1. The molecule has 0 unspecified atom stereocenters. The molecule has 5 heteroatoms. The SMILES string of the molecule is O=c1[nH]nc(SCc2ccccc2)n1C1CC1. The number of rotatable bonds is 4. The van der Waals surface area contributed by atoms with Crippen molar-refractivity contribution in [3.63, 3.8) is 0 Å². The molecule has 1 heterocycles. The summed E-state index contributed by atoms with van der Waals surface area (Å²) in [6.45, 7) is 0. The molecule has 0 amide bonds. The van der Waals surface area contributed by atoms with Crippen molar-refractivity contribution in [1.29, 1.82) is 0 Å². The second-order valence-electron chi connectivity index (χ2n) is 4.19. The largest absolute Gasteiger partial charge is 0.344 e. The van der Waals surface area contributed by atoms with Crippen molar-refractivity contribution < 1.29 is 0 Å². The Balaban J connectivity index is 1.75. The second kappa shape index (κ2) is 4.41. The van der Waals surface area contributed by atoms with Crippen LogP contribution in [0.25, 0.3) is 0 Å². The molecule has 88 valence electrons. The summed E-state index contributed by atoms with van der Waals surface area (Å²) in [6, 6.07) is 10.6. The van der Waals surface area contributed by atoms with E-state index in [-0.39, 0.29) is 5.69 Å². The third-order valence-corrected chi connectivity index (χ3v) is 3.82. The van der Waals surface area contributed by atoms with E-state index in [0.29, 0.717) is 6.04 Å². The molecule has 1 aromatic heterocycles. The molecule has 1 aliphatic rings. The number of aromatic amines is 1. The number of hydrogen-bond acceptors (Lipinski definition) is 3. The summed E-state index contributed by atoms with van der Waals surface area (Å²) >= 11 is 1.61. The molecular weight excluding hydrogens is 234 g/mol. The first-order chi connectivity index (χ1) is 8.34. The molecule has 4 nitrogen and oxygen atoms in total. The van der Waals surface area contributed by atoms with Crippen molar-refractivity contribution in [2.45, 2.75) is 29.8 Å². The van der Waals surface area contributed by atoms with Crippen LogP contribution in [0.5, 0.6) is 0 Å². The Kier molecular flexibility index (Phi) is 2.76. The summed E-state index contributed by atoms with van der Waals surface area (Å²) in [6.07, 6.45) is 2.19. The Labute approximate surface area is 103 Å². The lowest BCUT2D eigenvalue weighted by molar-refractivity contribution is 0.642. The Hall–Kier alpha value is -1.49. The normalized spacial score (nSPS) is 15.1. The molecule has 1 aliphatic carbocycles.